The Kier molecular flexibility index (Phi) is 5.63. The van der Waals surface area contributed by atoms with E-state index in [4.69, 9.17) is 22.1 Å². The van der Waals surface area contributed by atoms with Crippen LogP contribution in [0.1, 0.15) is 31.9 Å². The number of aliphatic hydroxyl groups excluding tert-OH is 1. The van der Waals surface area contributed by atoms with Gasteiger partial charge in [0.15, 0.2) is 0 Å². The molecule has 3 N–H and O–H groups in total. The molecule has 1 aromatic rings. The summed E-state index contributed by atoms with van der Waals surface area (Å²) in [5.41, 5.74) is 7.08. The minimum Gasteiger partial charge on any atom is -0.394 e. The third kappa shape index (κ3) is 4.94. The van der Waals surface area contributed by atoms with Crippen molar-refractivity contribution in [1.82, 2.24) is 4.90 Å². The first kappa shape index (κ1) is 16.7. The third-order valence-corrected chi connectivity index (χ3v) is 4.02. The lowest BCUT2D eigenvalue weighted by Crippen LogP contribution is -2.54. The highest BCUT2D eigenvalue weighted by Gasteiger charge is 2.32. The summed E-state index contributed by atoms with van der Waals surface area (Å²) in [6, 6.07) is 7.69. The number of ether oxygens (including phenoxy) is 1. The molecule has 0 radical (unpaired) electrons. The number of nitrogens with zero attached hydrogens (tertiary/aromatic N) is 1. The van der Waals surface area contributed by atoms with Gasteiger partial charge >= 0.3 is 0 Å². The molecule has 2 unspecified atom stereocenters. The second-order valence-corrected chi connectivity index (χ2v) is 6.80. The second-order valence-electron chi connectivity index (χ2n) is 6.37. The number of aliphatic hydroxyl groups is 1. The van der Waals surface area contributed by atoms with Crippen molar-refractivity contribution in [3.05, 3.63) is 34.9 Å². The van der Waals surface area contributed by atoms with E-state index < -0.39 is 0 Å². The van der Waals surface area contributed by atoms with Crippen LogP contribution >= 0.6 is 11.6 Å². The predicted molar refractivity (Wildman–Crippen MR) is 85.5 cm³/mol. The third-order valence-electron chi connectivity index (χ3n) is 3.79. The molecule has 5 heteroatoms. The van der Waals surface area contributed by atoms with Gasteiger partial charge in [-0.15, -0.1) is 0 Å². The average molecular weight is 313 g/mol. The van der Waals surface area contributed by atoms with Crippen LogP contribution in [0, 0.1) is 0 Å². The fourth-order valence-electron chi connectivity index (χ4n) is 2.91. The van der Waals surface area contributed by atoms with E-state index in [1.54, 1.807) is 0 Å². The van der Waals surface area contributed by atoms with Crippen molar-refractivity contribution in [2.45, 2.75) is 38.0 Å². The fourth-order valence-corrected chi connectivity index (χ4v) is 3.11. The minimum absolute atomic E-state index is 0.0257. The second kappa shape index (κ2) is 7.07. The maximum Gasteiger partial charge on any atom is 0.0940 e. The Morgan fingerprint density at radius 2 is 2.29 bits per heavy atom. The Hall–Kier alpha value is -0.650. The molecule has 0 aliphatic carbocycles. The summed E-state index contributed by atoms with van der Waals surface area (Å²) in [4.78, 5) is 2.31. The van der Waals surface area contributed by atoms with Crippen LogP contribution in [0.15, 0.2) is 24.3 Å². The molecule has 0 bridgehead atoms. The molecule has 0 amide bonds. The summed E-state index contributed by atoms with van der Waals surface area (Å²) in [6.07, 6.45) is 0.741. The van der Waals surface area contributed by atoms with Crippen LogP contribution in [0.2, 0.25) is 5.02 Å². The van der Waals surface area contributed by atoms with E-state index in [-0.39, 0.29) is 24.4 Å². The first-order valence-electron chi connectivity index (χ1n) is 7.42. The number of morpholine rings is 1. The molecule has 0 saturated carbocycles. The molecule has 1 saturated heterocycles. The van der Waals surface area contributed by atoms with Gasteiger partial charge in [0.25, 0.3) is 0 Å². The zero-order chi connectivity index (χ0) is 15.5. The van der Waals surface area contributed by atoms with E-state index in [2.05, 4.69) is 18.7 Å². The van der Waals surface area contributed by atoms with Gasteiger partial charge in [0.2, 0.25) is 0 Å². The number of rotatable bonds is 5. The van der Waals surface area contributed by atoms with Crippen LogP contribution in [-0.4, -0.2) is 48.0 Å². The maximum absolute atomic E-state index is 9.34. The molecule has 118 valence electrons. The largest absolute Gasteiger partial charge is 0.394 e. The van der Waals surface area contributed by atoms with Gasteiger partial charge in [-0.1, -0.05) is 23.7 Å². The summed E-state index contributed by atoms with van der Waals surface area (Å²) >= 11 is 6.00. The van der Waals surface area contributed by atoms with Crippen molar-refractivity contribution in [3.63, 3.8) is 0 Å². The maximum atomic E-state index is 9.34. The van der Waals surface area contributed by atoms with Gasteiger partial charge in [-0.25, -0.2) is 0 Å². The Morgan fingerprint density at radius 1 is 1.52 bits per heavy atom. The lowest BCUT2D eigenvalue weighted by Gasteiger charge is -2.42. The van der Waals surface area contributed by atoms with E-state index in [0.717, 1.165) is 36.6 Å². The summed E-state index contributed by atoms with van der Waals surface area (Å²) in [5.74, 6) is 0. The van der Waals surface area contributed by atoms with Gasteiger partial charge in [-0.2, -0.15) is 0 Å². The lowest BCUT2D eigenvalue weighted by atomic mass is 10.0. The molecule has 2 atom stereocenters. The van der Waals surface area contributed by atoms with Crippen molar-refractivity contribution < 1.29 is 9.84 Å². The molecule has 1 aliphatic heterocycles. The van der Waals surface area contributed by atoms with Crippen molar-refractivity contribution >= 4 is 11.6 Å². The SMILES string of the molecule is CC1(C)CN(CCC(N)c2cccc(Cl)c2)CC(CO)O1. The molecule has 1 aromatic carbocycles. The van der Waals surface area contributed by atoms with Crippen molar-refractivity contribution in [3.8, 4) is 0 Å². The summed E-state index contributed by atoms with van der Waals surface area (Å²) in [7, 11) is 0. The van der Waals surface area contributed by atoms with Crippen molar-refractivity contribution in [2.75, 3.05) is 26.2 Å². The van der Waals surface area contributed by atoms with Crippen LogP contribution in [0.25, 0.3) is 0 Å². The number of hydrogen-bond donors (Lipinski definition) is 2. The Bertz CT molecular complexity index is 467. The number of hydrogen-bond acceptors (Lipinski definition) is 4. The van der Waals surface area contributed by atoms with E-state index in [1.807, 2.05) is 24.3 Å². The predicted octanol–water partition coefficient (Wildman–Crippen LogP) is 2.20. The Balaban J connectivity index is 1.90. The van der Waals surface area contributed by atoms with Crippen LogP contribution in [0.5, 0.6) is 0 Å². The highest BCUT2D eigenvalue weighted by Crippen LogP contribution is 2.23. The molecule has 0 spiro atoms. The first-order chi connectivity index (χ1) is 9.89. The van der Waals surface area contributed by atoms with E-state index in [0.29, 0.717) is 0 Å². The minimum atomic E-state index is -0.230. The first-order valence-corrected chi connectivity index (χ1v) is 7.79. The van der Waals surface area contributed by atoms with E-state index in [1.165, 1.54) is 0 Å². The molecule has 0 aromatic heterocycles. The zero-order valence-electron chi connectivity index (χ0n) is 12.8. The monoisotopic (exact) mass is 312 g/mol. The molecular weight excluding hydrogens is 288 g/mol. The molecule has 1 aliphatic rings. The number of benzene rings is 1. The smallest absolute Gasteiger partial charge is 0.0940 e. The topological polar surface area (TPSA) is 58.7 Å². The molecule has 4 nitrogen and oxygen atoms in total. The zero-order valence-corrected chi connectivity index (χ0v) is 13.5. The van der Waals surface area contributed by atoms with Crippen LogP contribution < -0.4 is 5.73 Å². The van der Waals surface area contributed by atoms with Crippen molar-refractivity contribution in [1.29, 1.82) is 0 Å². The highest BCUT2D eigenvalue weighted by atomic mass is 35.5. The molecule has 1 fully saturated rings. The van der Waals surface area contributed by atoms with Gasteiger partial charge < -0.3 is 15.6 Å². The lowest BCUT2D eigenvalue weighted by molar-refractivity contribution is -0.149. The molecule has 21 heavy (non-hydrogen) atoms. The van der Waals surface area contributed by atoms with Gasteiger partial charge in [-0.05, 0) is 38.0 Å². The van der Waals surface area contributed by atoms with E-state index in [9.17, 15) is 5.11 Å². The molecule has 2 rings (SSSR count). The van der Waals surface area contributed by atoms with Crippen molar-refractivity contribution in [2.24, 2.45) is 5.73 Å². The van der Waals surface area contributed by atoms with Crippen LogP contribution in [0.3, 0.4) is 0 Å². The van der Waals surface area contributed by atoms with Gasteiger partial charge in [0.1, 0.15) is 0 Å². The van der Waals surface area contributed by atoms with Gasteiger partial charge in [-0.3, -0.25) is 4.90 Å². The Labute approximate surface area is 131 Å². The summed E-state index contributed by atoms with van der Waals surface area (Å²) in [5, 5.41) is 10.1. The molecular formula is C16H25ClN2O2. The normalized spacial score (nSPS) is 24.0. The fraction of sp³-hybridized carbons (Fsp3) is 0.625. The average Bonchev–Trinajstić information content (AvgIpc) is 2.43. The van der Waals surface area contributed by atoms with Crippen LogP contribution in [-0.2, 0) is 4.74 Å². The van der Waals surface area contributed by atoms with Crippen LogP contribution in [0.4, 0.5) is 0 Å². The molecule has 1 heterocycles. The quantitative estimate of drug-likeness (QED) is 0.875. The van der Waals surface area contributed by atoms with Gasteiger partial charge in [0, 0.05) is 30.7 Å². The number of nitrogens with two attached hydrogens (primary N) is 1. The standard InChI is InChI=1S/C16H25ClN2O2/c1-16(2)11-19(9-14(10-20)21-16)7-6-15(18)12-4-3-5-13(17)8-12/h3-5,8,14-15,20H,6-7,9-11,18H2,1-2H3. The number of halogens is 1. The van der Waals surface area contributed by atoms with Gasteiger partial charge in [0.05, 0.1) is 18.3 Å². The van der Waals surface area contributed by atoms with E-state index >= 15 is 0 Å². The highest BCUT2D eigenvalue weighted by molar-refractivity contribution is 6.30. The summed E-state index contributed by atoms with van der Waals surface area (Å²) in [6.45, 7) is 6.66. The Morgan fingerprint density at radius 3 is 2.95 bits per heavy atom. The summed E-state index contributed by atoms with van der Waals surface area (Å²) < 4.78 is 5.82.